The second-order valence-electron chi connectivity index (χ2n) is 5.37. The molecule has 0 aliphatic carbocycles. The number of hydrogen-bond donors (Lipinski definition) is 1. The Labute approximate surface area is 131 Å². The Bertz CT molecular complexity index is 589. The zero-order valence-electron chi connectivity index (χ0n) is 13.0. The van der Waals surface area contributed by atoms with Crippen LogP contribution in [0.25, 0.3) is 0 Å². The van der Waals surface area contributed by atoms with Crippen molar-refractivity contribution in [3.63, 3.8) is 0 Å². The van der Waals surface area contributed by atoms with Gasteiger partial charge in [-0.2, -0.15) is 0 Å². The highest BCUT2D eigenvalue weighted by Gasteiger charge is 2.15. The van der Waals surface area contributed by atoms with Crippen LogP contribution in [0.15, 0.2) is 52.3 Å². The summed E-state index contributed by atoms with van der Waals surface area (Å²) < 4.78 is 5.36. The van der Waals surface area contributed by atoms with Crippen molar-refractivity contribution in [3.05, 3.63) is 53.6 Å². The minimum absolute atomic E-state index is 0.536. The van der Waals surface area contributed by atoms with Crippen LogP contribution in [0.2, 0.25) is 0 Å². The number of aliphatic hydroxyl groups excluding tert-OH is 1. The van der Waals surface area contributed by atoms with Crippen LogP contribution < -0.4 is 4.74 Å². The average molecular weight is 302 g/mol. The summed E-state index contributed by atoms with van der Waals surface area (Å²) in [6.45, 7) is 6.15. The number of aliphatic hydroxyl groups is 1. The molecule has 112 valence electrons. The fourth-order valence-electron chi connectivity index (χ4n) is 2.25. The molecular weight excluding hydrogens is 280 g/mol. The third kappa shape index (κ3) is 3.80. The van der Waals surface area contributed by atoms with Crippen molar-refractivity contribution in [2.45, 2.75) is 42.6 Å². The molecule has 21 heavy (non-hydrogen) atoms. The first-order chi connectivity index (χ1) is 10.0. The molecule has 0 amide bonds. The van der Waals surface area contributed by atoms with E-state index in [1.165, 1.54) is 5.56 Å². The first kappa shape index (κ1) is 15.9. The predicted octanol–water partition coefficient (Wildman–Crippen LogP) is 5.02. The minimum atomic E-state index is -0.557. The molecule has 0 fully saturated rings. The molecule has 0 heterocycles. The van der Waals surface area contributed by atoms with Crippen LogP contribution in [-0.4, -0.2) is 12.2 Å². The van der Waals surface area contributed by atoms with E-state index >= 15 is 0 Å². The molecule has 0 unspecified atom stereocenters. The van der Waals surface area contributed by atoms with Crippen LogP contribution in [0.5, 0.6) is 5.75 Å². The molecule has 2 nitrogen and oxygen atoms in total. The Hall–Kier alpha value is -1.45. The number of hydrogen-bond acceptors (Lipinski definition) is 3. The van der Waals surface area contributed by atoms with Gasteiger partial charge in [0, 0.05) is 15.4 Å². The van der Waals surface area contributed by atoms with E-state index in [1.54, 1.807) is 25.8 Å². The fourth-order valence-corrected chi connectivity index (χ4v) is 3.30. The van der Waals surface area contributed by atoms with Gasteiger partial charge in [0.15, 0.2) is 0 Å². The molecule has 0 saturated heterocycles. The Kier molecular flexibility index (Phi) is 5.32. The molecule has 1 N–H and O–H groups in total. The van der Waals surface area contributed by atoms with Crippen LogP contribution in [0.1, 0.15) is 43.9 Å². The van der Waals surface area contributed by atoms with Gasteiger partial charge in [-0.25, -0.2) is 0 Å². The molecular formula is C18H22O2S. The van der Waals surface area contributed by atoms with Crippen molar-refractivity contribution >= 4 is 11.8 Å². The molecule has 2 aromatic rings. The summed E-state index contributed by atoms with van der Waals surface area (Å²) in [7, 11) is 1.63. The van der Waals surface area contributed by atoms with E-state index in [-0.39, 0.29) is 0 Å². The van der Waals surface area contributed by atoms with Gasteiger partial charge >= 0.3 is 0 Å². The summed E-state index contributed by atoms with van der Waals surface area (Å²) in [5.74, 6) is 1.27. The largest absolute Gasteiger partial charge is 0.496 e. The van der Waals surface area contributed by atoms with Gasteiger partial charge in [-0.15, -0.1) is 0 Å². The molecule has 0 radical (unpaired) electrons. The average Bonchev–Trinajstić information content (AvgIpc) is 2.47. The number of benzene rings is 2. The Morgan fingerprint density at radius 2 is 1.67 bits per heavy atom. The smallest absolute Gasteiger partial charge is 0.125 e. The normalized spacial score (nSPS) is 12.5. The van der Waals surface area contributed by atoms with Crippen molar-refractivity contribution in [2.24, 2.45) is 0 Å². The molecule has 0 aliphatic heterocycles. The second-order valence-corrected chi connectivity index (χ2v) is 6.49. The van der Waals surface area contributed by atoms with E-state index in [4.69, 9.17) is 4.74 Å². The van der Waals surface area contributed by atoms with Crippen LogP contribution >= 0.6 is 11.8 Å². The van der Waals surface area contributed by atoms with Crippen molar-refractivity contribution in [3.8, 4) is 5.75 Å². The van der Waals surface area contributed by atoms with Crippen molar-refractivity contribution in [1.29, 1.82) is 0 Å². The van der Waals surface area contributed by atoms with Gasteiger partial charge in [0.2, 0.25) is 0 Å². The zero-order valence-corrected chi connectivity index (χ0v) is 13.8. The molecule has 0 aromatic heterocycles. The van der Waals surface area contributed by atoms with Gasteiger partial charge in [-0.05, 0) is 42.7 Å². The maximum absolute atomic E-state index is 10.0. The Balaban J connectivity index is 2.30. The van der Waals surface area contributed by atoms with Gasteiger partial charge in [0.25, 0.3) is 0 Å². The van der Waals surface area contributed by atoms with Crippen LogP contribution in [-0.2, 0) is 0 Å². The highest BCUT2D eigenvalue weighted by atomic mass is 32.2. The molecule has 0 bridgehead atoms. The Morgan fingerprint density at radius 1 is 1.00 bits per heavy atom. The summed E-state index contributed by atoms with van der Waals surface area (Å²) in [5, 5.41) is 10.0. The van der Waals surface area contributed by atoms with E-state index in [9.17, 15) is 5.11 Å². The van der Waals surface area contributed by atoms with Crippen LogP contribution in [0, 0.1) is 0 Å². The first-order valence-electron chi connectivity index (χ1n) is 7.15. The van der Waals surface area contributed by atoms with Crippen molar-refractivity contribution in [2.75, 3.05) is 7.11 Å². The number of methoxy groups -OCH3 is 1. The summed E-state index contributed by atoms with van der Waals surface area (Å²) in [4.78, 5) is 2.19. The quantitative estimate of drug-likeness (QED) is 0.840. The lowest BCUT2D eigenvalue weighted by Gasteiger charge is -2.16. The monoisotopic (exact) mass is 302 g/mol. The van der Waals surface area contributed by atoms with E-state index in [0.717, 1.165) is 21.1 Å². The zero-order chi connectivity index (χ0) is 15.4. The third-order valence-electron chi connectivity index (χ3n) is 3.44. The summed E-state index contributed by atoms with van der Waals surface area (Å²) in [6, 6.07) is 14.4. The Morgan fingerprint density at radius 3 is 2.19 bits per heavy atom. The maximum atomic E-state index is 10.0. The highest BCUT2D eigenvalue weighted by molar-refractivity contribution is 7.99. The van der Waals surface area contributed by atoms with Crippen LogP contribution in [0.4, 0.5) is 0 Å². The van der Waals surface area contributed by atoms with Gasteiger partial charge < -0.3 is 9.84 Å². The number of ether oxygens (including phenoxy) is 1. The van der Waals surface area contributed by atoms with Gasteiger partial charge in [0.1, 0.15) is 5.75 Å². The summed E-state index contributed by atoms with van der Waals surface area (Å²) in [5.41, 5.74) is 2.18. The second kappa shape index (κ2) is 7.01. The molecule has 3 heteroatoms. The third-order valence-corrected chi connectivity index (χ3v) is 4.52. The van der Waals surface area contributed by atoms with E-state index in [2.05, 4.69) is 38.1 Å². The van der Waals surface area contributed by atoms with E-state index in [1.807, 2.05) is 18.2 Å². The molecule has 0 saturated carbocycles. The predicted molar refractivity (Wildman–Crippen MR) is 88.3 cm³/mol. The summed E-state index contributed by atoms with van der Waals surface area (Å²) in [6.07, 6.45) is -0.557. The van der Waals surface area contributed by atoms with Crippen molar-refractivity contribution < 1.29 is 9.84 Å². The van der Waals surface area contributed by atoms with E-state index < -0.39 is 6.10 Å². The van der Waals surface area contributed by atoms with Crippen molar-refractivity contribution in [1.82, 2.24) is 0 Å². The maximum Gasteiger partial charge on any atom is 0.125 e. The first-order valence-corrected chi connectivity index (χ1v) is 7.97. The van der Waals surface area contributed by atoms with Gasteiger partial charge in [0.05, 0.1) is 13.2 Å². The molecule has 2 rings (SSSR count). The lowest BCUT2D eigenvalue weighted by molar-refractivity contribution is 0.191. The molecule has 1 atom stereocenters. The lowest BCUT2D eigenvalue weighted by Crippen LogP contribution is -1.98. The molecule has 0 aliphatic rings. The SMILES string of the molecule is COc1cccc(Sc2ccc(C(C)C)cc2)c1[C@H](C)O. The molecule has 2 aromatic carbocycles. The van der Waals surface area contributed by atoms with Crippen LogP contribution in [0.3, 0.4) is 0 Å². The minimum Gasteiger partial charge on any atom is -0.496 e. The topological polar surface area (TPSA) is 29.5 Å². The summed E-state index contributed by atoms with van der Waals surface area (Å²) >= 11 is 1.65. The van der Waals surface area contributed by atoms with E-state index in [0.29, 0.717) is 5.92 Å². The standard InChI is InChI=1S/C18H22O2S/c1-12(2)14-8-10-15(11-9-14)21-17-7-5-6-16(20-4)18(17)13(3)19/h5-13,19H,1-4H3/t13-/m0/s1. The lowest BCUT2D eigenvalue weighted by atomic mass is 10.0. The van der Waals surface area contributed by atoms with Gasteiger partial charge in [-0.1, -0.05) is 43.8 Å². The van der Waals surface area contributed by atoms with Gasteiger partial charge in [-0.3, -0.25) is 0 Å². The molecule has 0 spiro atoms. The fraction of sp³-hybridized carbons (Fsp3) is 0.333. The highest BCUT2D eigenvalue weighted by Crippen LogP contribution is 2.38. The number of rotatable bonds is 5.